The Morgan fingerprint density at radius 2 is 1.77 bits per heavy atom. The fraction of sp³-hybridized carbons (Fsp3) is 0.333. The first-order valence-corrected chi connectivity index (χ1v) is 12.0. The van der Waals surface area contributed by atoms with E-state index in [1.807, 2.05) is 4.90 Å². The molecule has 2 aromatic carbocycles. The van der Waals surface area contributed by atoms with Crippen molar-refractivity contribution in [3.05, 3.63) is 77.1 Å². The molecular weight excluding hydrogens is 559 g/mol. The van der Waals surface area contributed by atoms with Gasteiger partial charge in [-0.1, -0.05) is 6.92 Å². The smallest absolute Gasteiger partial charge is 0.258 e. The van der Waals surface area contributed by atoms with Crippen LogP contribution >= 0.6 is 24.8 Å². The molecule has 3 N–H and O–H groups in total. The van der Waals surface area contributed by atoms with Crippen molar-refractivity contribution in [2.24, 2.45) is 11.7 Å². The molecular formula is C27H30Cl2F4N4O2. The van der Waals surface area contributed by atoms with E-state index in [9.17, 15) is 18.0 Å². The number of carbonyl (C=O) groups is 1. The first-order chi connectivity index (χ1) is 17.7. The number of aromatic nitrogens is 1. The minimum absolute atomic E-state index is 0. The second kappa shape index (κ2) is 13.9. The van der Waals surface area contributed by atoms with Gasteiger partial charge in [0.15, 0.2) is 0 Å². The van der Waals surface area contributed by atoms with Crippen LogP contribution in [0.3, 0.4) is 0 Å². The molecule has 0 spiro atoms. The van der Waals surface area contributed by atoms with E-state index in [-0.39, 0.29) is 43.0 Å². The summed E-state index contributed by atoms with van der Waals surface area (Å²) in [6.07, 6.45) is 3.84. The van der Waals surface area contributed by atoms with Crippen molar-refractivity contribution in [2.45, 2.75) is 32.9 Å². The summed E-state index contributed by atoms with van der Waals surface area (Å²) < 4.78 is 65.0. The number of carbonyl (C=O) groups excluding carboxylic acids is 1. The van der Waals surface area contributed by atoms with E-state index in [1.165, 1.54) is 6.20 Å². The van der Waals surface area contributed by atoms with Gasteiger partial charge in [0.05, 0.1) is 40.9 Å². The van der Waals surface area contributed by atoms with E-state index >= 15 is 4.39 Å². The molecule has 1 amide bonds. The molecule has 1 saturated heterocycles. The number of hydrogen-bond acceptors (Lipinski definition) is 5. The van der Waals surface area contributed by atoms with Crippen LogP contribution in [0.1, 0.15) is 36.2 Å². The minimum atomic E-state index is -1.38. The Morgan fingerprint density at radius 3 is 2.41 bits per heavy atom. The fourth-order valence-corrected chi connectivity index (χ4v) is 4.67. The number of nitrogens with one attached hydrogen (secondary N) is 1. The highest BCUT2D eigenvalue weighted by atomic mass is 35.5. The molecule has 2 heterocycles. The number of anilines is 2. The average molecular weight is 589 g/mol. The molecule has 212 valence electrons. The highest BCUT2D eigenvalue weighted by Gasteiger charge is 2.27. The van der Waals surface area contributed by atoms with Crippen LogP contribution < -0.4 is 16.0 Å². The molecule has 0 saturated carbocycles. The Hall–Kier alpha value is -2.92. The number of benzene rings is 2. The summed E-state index contributed by atoms with van der Waals surface area (Å²) in [6, 6.07) is 5.29. The Labute approximate surface area is 236 Å². The lowest BCUT2D eigenvalue weighted by molar-refractivity contribution is 0.102. The molecule has 1 aromatic heterocycles. The summed E-state index contributed by atoms with van der Waals surface area (Å²) in [5.74, 6) is -5.53. The summed E-state index contributed by atoms with van der Waals surface area (Å²) in [5, 5.41) is 2.60. The van der Waals surface area contributed by atoms with Gasteiger partial charge in [-0.05, 0) is 55.2 Å². The van der Waals surface area contributed by atoms with Crippen molar-refractivity contribution < 1.29 is 27.1 Å². The standard InChI is InChI=1S/C27H28F4N4O2.2ClH/c1-3-37-14-16-9-20(29)24(21(30)10-16)25-19(28)5-4-18(26(25)31)27(36)34-22-11-33-7-6-23(22)35-12-15(2)8-17(32)13-35;;/h4-7,9-11,15,17H,3,8,12-14,32H2,1-2H3,(H,34,36);2*1H/t15-,17+;;/m1../s1. The zero-order valence-corrected chi connectivity index (χ0v) is 23.0. The number of ether oxygens (including phenoxy) is 1. The van der Waals surface area contributed by atoms with Crippen LogP contribution in [0.15, 0.2) is 42.7 Å². The lowest BCUT2D eigenvalue weighted by Gasteiger charge is -2.37. The van der Waals surface area contributed by atoms with Gasteiger partial charge in [0.2, 0.25) is 0 Å². The summed E-state index contributed by atoms with van der Waals surface area (Å²) in [6.45, 7) is 5.32. The van der Waals surface area contributed by atoms with Gasteiger partial charge in [0, 0.05) is 31.9 Å². The SMILES string of the molecule is CCOCc1cc(F)c(-c2c(F)ccc(C(=O)Nc3cnccc3N3C[C@H](C)C[C@H](N)C3)c2F)c(F)c1.Cl.Cl. The summed E-state index contributed by atoms with van der Waals surface area (Å²) >= 11 is 0. The molecule has 39 heavy (non-hydrogen) atoms. The maximum Gasteiger partial charge on any atom is 0.258 e. The molecule has 1 aliphatic rings. The van der Waals surface area contributed by atoms with E-state index in [0.717, 1.165) is 30.7 Å². The molecule has 0 radical (unpaired) electrons. The first kappa shape index (κ1) is 32.3. The van der Waals surface area contributed by atoms with Crippen LogP contribution in [0, 0.1) is 29.2 Å². The van der Waals surface area contributed by atoms with E-state index in [0.29, 0.717) is 37.0 Å². The maximum atomic E-state index is 15.5. The molecule has 2 atom stereocenters. The third kappa shape index (κ3) is 7.19. The van der Waals surface area contributed by atoms with E-state index in [1.54, 1.807) is 19.2 Å². The van der Waals surface area contributed by atoms with Crippen LogP contribution in [-0.2, 0) is 11.3 Å². The molecule has 6 nitrogen and oxygen atoms in total. The minimum Gasteiger partial charge on any atom is -0.377 e. The van der Waals surface area contributed by atoms with Gasteiger partial charge in [-0.2, -0.15) is 0 Å². The third-order valence-corrected chi connectivity index (χ3v) is 6.24. The highest BCUT2D eigenvalue weighted by molar-refractivity contribution is 6.06. The van der Waals surface area contributed by atoms with Gasteiger partial charge < -0.3 is 20.7 Å². The molecule has 4 rings (SSSR count). The number of hydrogen-bond donors (Lipinski definition) is 2. The number of nitrogens with two attached hydrogens (primary N) is 1. The topological polar surface area (TPSA) is 80.5 Å². The summed E-state index contributed by atoms with van der Waals surface area (Å²) in [4.78, 5) is 19.1. The summed E-state index contributed by atoms with van der Waals surface area (Å²) in [7, 11) is 0. The molecule has 0 bridgehead atoms. The van der Waals surface area contributed by atoms with Crippen LogP contribution in [0.2, 0.25) is 0 Å². The van der Waals surface area contributed by atoms with Crippen molar-refractivity contribution in [1.29, 1.82) is 0 Å². The normalized spacial score (nSPS) is 16.7. The lowest BCUT2D eigenvalue weighted by atomic mass is 9.96. The maximum absolute atomic E-state index is 15.5. The van der Waals surface area contributed by atoms with Crippen molar-refractivity contribution in [3.8, 4) is 11.1 Å². The van der Waals surface area contributed by atoms with Crippen LogP contribution in [-0.4, -0.2) is 36.6 Å². The molecule has 3 aromatic rings. The van der Waals surface area contributed by atoms with Gasteiger partial charge in [0.1, 0.15) is 23.3 Å². The summed E-state index contributed by atoms with van der Waals surface area (Å²) in [5.41, 5.74) is 4.84. The van der Waals surface area contributed by atoms with Crippen molar-refractivity contribution in [2.75, 3.05) is 29.9 Å². The molecule has 0 aliphatic carbocycles. The number of nitrogens with zero attached hydrogens (tertiary/aromatic N) is 2. The average Bonchev–Trinajstić information content (AvgIpc) is 2.84. The van der Waals surface area contributed by atoms with Crippen LogP contribution in [0.25, 0.3) is 11.1 Å². The van der Waals surface area contributed by atoms with Gasteiger partial charge in [0.25, 0.3) is 5.91 Å². The number of amides is 1. The second-order valence-electron chi connectivity index (χ2n) is 9.21. The Kier molecular flexibility index (Phi) is 11.5. The number of piperidine rings is 1. The van der Waals surface area contributed by atoms with Crippen molar-refractivity contribution >= 4 is 42.1 Å². The number of halogens is 6. The zero-order chi connectivity index (χ0) is 26.7. The molecule has 1 fully saturated rings. The fourth-order valence-electron chi connectivity index (χ4n) is 4.67. The molecule has 12 heteroatoms. The van der Waals surface area contributed by atoms with Gasteiger partial charge in [-0.3, -0.25) is 9.78 Å². The van der Waals surface area contributed by atoms with Gasteiger partial charge in [-0.15, -0.1) is 24.8 Å². The second-order valence-corrected chi connectivity index (χ2v) is 9.21. The Balaban J connectivity index is 0.00000267. The highest BCUT2D eigenvalue weighted by Crippen LogP contribution is 2.34. The number of rotatable bonds is 7. The number of pyridine rings is 1. The van der Waals surface area contributed by atoms with E-state index in [4.69, 9.17) is 10.5 Å². The zero-order valence-electron chi connectivity index (χ0n) is 21.3. The Morgan fingerprint density at radius 1 is 1.08 bits per heavy atom. The monoisotopic (exact) mass is 588 g/mol. The van der Waals surface area contributed by atoms with Crippen LogP contribution in [0.5, 0.6) is 0 Å². The third-order valence-electron chi connectivity index (χ3n) is 6.24. The van der Waals surface area contributed by atoms with E-state index in [2.05, 4.69) is 17.2 Å². The molecule has 0 unspecified atom stereocenters. The van der Waals surface area contributed by atoms with E-state index < -0.39 is 45.9 Å². The largest absolute Gasteiger partial charge is 0.377 e. The van der Waals surface area contributed by atoms with Gasteiger partial charge in [-0.25, -0.2) is 17.6 Å². The quantitative estimate of drug-likeness (QED) is 0.325. The van der Waals surface area contributed by atoms with Crippen molar-refractivity contribution in [3.63, 3.8) is 0 Å². The Bertz CT molecular complexity index is 1280. The molecule has 1 aliphatic heterocycles. The van der Waals surface area contributed by atoms with Gasteiger partial charge >= 0.3 is 0 Å². The predicted octanol–water partition coefficient (Wildman–Crippen LogP) is 6.11. The van der Waals surface area contributed by atoms with Crippen LogP contribution in [0.4, 0.5) is 28.9 Å². The van der Waals surface area contributed by atoms with Crippen molar-refractivity contribution in [1.82, 2.24) is 4.98 Å². The lowest BCUT2D eigenvalue weighted by Crippen LogP contribution is -2.46. The first-order valence-electron chi connectivity index (χ1n) is 12.0. The predicted molar refractivity (Wildman–Crippen MR) is 148 cm³/mol.